The molecule has 0 radical (unpaired) electrons. The van der Waals surface area contributed by atoms with Crippen LogP contribution in [0.25, 0.3) is 10.9 Å². The molecule has 9 heteroatoms. The number of hydrogen-bond acceptors (Lipinski definition) is 5. The highest BCUT2D eigenvalue weighted by atomic mass is 19.1. The number of anilines is 1. The van der Waals surface area contributed by atoms with Crippen molar-refractivity contribution in [3.05, 3.63) is 92.9 Å². The first-order valence-electron chi connectivity index (χ1n) is 11.1. The van der Waals surface area contributed by atoms with Gasteiger partial charge in [0, 0.05) is 12.2 Å². The van der Waals surface area contributed by atoms with E-state index in [1.54, 1.807) is 42.3 Å². The number of benzene rings is 2. The van der Waals surface area contributed by atoms with Crippen molar-refractivity contribution in [3.63, 3.8) is 0 Å². The van der Waals surface area contributed by atoms with Gasteiger partial charge in [-0.15, -0.1) is 0 Å². The number of hydrogen-bond donors (Lipinski definition) is 2. The second-order valence-electron chi connectivity index (χ2n) is 8.51. The van der Waals surface area contributed by atoms with E-state index < -0.39 is 0 Å². The average Bonchev–Trinajstić information content (AvgIpc) is 3.04. The molecule has 0 aliphatic heterocycles. The lowest BCUT2D eigenvalue weighted by molar-refractivity contribution is -0.117. The Hall–Kier alpha value is -4.29. The zero-order valence-electron chi connectivity index (χ0n) is 19.7. The van der Waals surface area contributed by atoms with Gasteiger partial charge in [0.15, 0.2) is 0 Å². The maximum Gasteiger partial charge on any atom is 0.258 e. The summed E-state index contributed by atoms with van der Waals surface area (Å²) < 4.78 is 15.2. The summed E-state index contributed by atoms with van der Waals surface area (Å²) in [6.45, 7) is 4.36. The minimum absolute atomic E-state index is 0.0151. The maximum atomic E-state index is 13.3. The van der Waals surface area contributed by atoms with Crippen LogP contribution in [-0.2, 0) is 17.9 Å². The SMILES string of the molecule is Cc1c(C#N)c(NC(=O)CN(C)Cc2nc3ccccc3c(=O)[nH]2)n(Cc2ccc(F)cc2)c1C. The smallest absolute Gasteiger partial charge is 0.258 e. The third-order valence-electron chi connectivity index (χ3n) is 5.95. The number of carbonyl (C=O) groups excluding carboxylic acids is 1. The van der Waals surface area contributed by atoms with Gasteiger partial charge in [0.1, 0.15) is 23.5 Å². The van der Waals surface area contributed by atoms with Crippen LogP contribution in [0.2, 0.25) is 0 Å². The highest BCUT2D eigenvalue weighted by molar-refractivity contribution is 5.93. The highest BCUT2D eigenvalue weighted by Gasteiger charge is 2.20. The largest absolute Gasteiger partial charge is 0.326 e. The summed E-state index contributed by atoms with van der Waals surface area (Å²) in [5, 5.41) is 13.1. The number of amides is 1. The molecule has 2 aromatic carbocycles. The molecule has 178 valence electrons. The molecule has 0 saturated carbocycles. The van der Waals surface area contributed by atoms with Crippen LogP contribution in [0.4, 0.5) is 10.2 Å². The topological polar surface area (TPSA) is 107 Å². The van der Waals surface area contributed by atoms with Crippen LogP contribution in [0.3, 0.4) is 0 Å². The average molecular weight is 473 g/mol. The molecule has 0 aliphatic rings. The molecule has 4 aromatic rings. The van der Waals surface area contributed by atoms with Crippen molar-refractivity contribution in [2.75, 3.05) is 18.9 Å². The highest BCUT2D eigenvalue weighted by Crippen LogP contribution is 2.27. The van der Waals surface area contributed by atoms with Crippen molar-refractivity contribution in [2.45, 2.75) is 26.9 Å². The Balaban J connectivity index is 1.51. The summed E-state index contributed by atoms with van der Waals surface area (Å²) >= 11 is 0. The molecule has 4 rings (SSSR count). The van der Waals surface area contributed by atoms with Crippen LogP contribution >= 0.6 is 0 Å². The van der Waals surface area contributed by atoms with Gasteiger partial charge in [-0.3, -0.25) is 14.5 Å². The Morgan fingerprint density at radius 2 is 1.91 bits per heavy atom. The molecule has 0 saturated heterocycles. The van der Waals surface area contributed by atoms with Crippen LogP contribution in [0.5, 0.6) is 0 Å². The van der Waals surface area contributed by atoms with E-state index in [0.717, 1.165) is 16.8 Å². The minimum atomic E-state index is -0.328. The summed E-state index contributed by atoms with van der Waals surface area (Å²) in [4.78, 5) is 34.2. The number of carbonyl (C=O) groups is 1. The predicted octanol–water partition coefficient (Wildman–Crippen LogP) is 3.47. The standard InChI is InChI=1S/C26H25FN6O2/c1-16-17(2)33(13-18-8-10-19(27)11-9-18)25(21(16)12-28)31-24(34)15-32(3)14-23-29-22-7-5-4-6-20(22)26(35)30-23/h4-11H,13-15H2,1-3H3,(H,31,34)(H,29,30,35). The first-order chi connectivity index (χ1) is 16.8. The van der Waals surface area contributed by atoms with E-state index in [9.17, 15) is 19.2 Å². The lowest BCUT2D eigenvalue weighted by Crippen LogP contribution is -2.32. The van der Waals surface area contributed by atoms with Crippen molar-refractivity contribution in [1.82, 2.24) is 19.4 Å². The summed E-state index contributed by atoms with van der Waals surface area (Å²) in [6.07, 6.45) is 0. The Kier molecular flexibility index (Phi) is 6.75. The zero-order chi connectivity index (χ0) is 25.1. The summed E-state index contributed by atoms with van der Waals surface area (Å²) in [7, 11) is 1.74. The zero-order valence-corrected chi connectivity index (χ0v) is 19.7. The fraction of sp³-hybridized carbons (Fsp3) is 0.231. The molecule has 0 bridgehead atoms. The Morgan fingerprint density at radius 3 is 2.63 bits per heavy atom. The molecule has 0 spiro atoms. The molecular weight excluding hydrogens is 447 g/mol. The molecule has 0 unspecified atom stereocenters. The van der Waals surface area contributed by atoms with Crippen LogP contribution in [0, 0.1) is 31.0 Å². The summed E-state index contributed by atoms with van der Waals surface area (Å²) in [5.41, 5.74) is 3.21. The Bertz CT molecular complexity index is 1500. The number of nitrogens with zero attached hydrogens (tertiary/aromatic N) is 4. The molecular formula is C26H25FN6O2. The molecule has 8 nitrogen and oxygen atoms in total. The van der Waals surface area contributed by atoms with E-state index >= 15 is 0 Å². The van der Waals surface area contributed by atoms with Crippen molar-refractivity contribution in [2.24, 2.45) is 0 Å². The van der Waals surface area contributed by atoms with Crippen LogP contribution in [0.15, 0.2) is 53.3 Å². The Morgan fingerprint density at radius 1 is 1.20 bits per heavy atom. The Labute approximate surface area is 201 Å². The molecule has 35 heavy (non-hydrogen) atoms. The molecule has 1 amide bonds. The minimum Gasteiger partial charge on any atom is -0.326 e. The number of nitriles is 1. The van der Waals surface area contributed by atoms with Crippen LogP contribution < -0.4 is 10.9 Å². The van der Waals surface area contributed by atoms with Crippen molar-refractivity contribution in [1.29, 1.82) is 5.26 Å². The van der Waals surface area contributed by atoms with Gasteiger partial charge >= 0.3 is 0 Å². The number of para-hydroxylation sites is 1. The number of rotatable bonds is 7. The maximum absolute atomic E-state index is 13.3. The second-order valence-corrected chi connectivity index (χ2v) is 8.51. The normalized spacial score (nSPS) is 11.1. The molecule has 0 aliphatic carbocycles. The number of H-pyrrole nitrogens is 1. The summed E-state index contributed by atoms with van der Waals surface area (Å²) in [5.74, 6) is 0.214. The van der Waals surface area contributed by atoms with Gasteiger partial charge in [-0.1, -0.05) is 24.3 Å². The number of aromatic amines is 1. The third kappa shape index (κ3) is 5.13. The van der Waals surface area contributed by atoms with Crippen molar-refractivity contribution < 1.29 is 9.18 Å². The van der Waals surface area contributed by atoms with E-state index in [0.29, 0.717) is 34.7 Å². The summed E-state index contributed by atoms with van der Waals surface area (Å²) in [6, 6.07) is 15.4. The van der Waals surface area contributed by atoms with Crippen molar-refractivity contribution >= 4 is 22.6 Å². The van der Waals surface area contributed by atoms with Crippen LogP contribution in [-0.4, -0.2) is 38.9 Å². The van der Waals surface area contributed by atoms with E-state index in [2.05, 4.69) is 21.4 Å². The number of halogens is 1. The lowest BCUT2D eigenvalue weighted by Gasteiger charge is -2.17. The molecule has 2 heterocycles. The van der Waals surface area contributed by atoms with E-state index in [-0.39, 0.29) is 30.4 Å². The number of fused-ring (bicyclic) bond motifs is 1. The van der Waals surface area contributed by atoms with Crippen LogP contribution in [0.1, 0.15) is 28.2 Å². The lowest BCUT2D eigenvalue weighted by atomic mass is 10.2. The van der Waals surface area contributed by atoms with Gasteiger partial charge in [-0.2, -0.15) is 5.26 Å². The number of likely N-dealkylation sites (N-methyl/N-ethyl adjacent to an activating group) is 1. The first kappa shape index (κ1) is 23.9. The molecule has 2 aromatic heterocycles. The fourth-order valence-corrected chi connectivity index (χ4v) is 4.04. The van der Waals surface area contributed by atoms with Gasteiger partial charge in [-0.25, -0.2) is 9.37 Å². The monoisotopic (exact) mass is 472 g/mol. The fourth-order valence-electron chi connectivity index (χ4n) is 4.04. The van der Waals surface area contributed by atoms with E-state index in [4.69, 9.17) is 0 Å². The van der Waals surface area contributed by atoms with Crippen molar-refractivity contribution in [3.8, 4) is 6.07 Å². The predicted molar refractivity (Wildman–Crippen MR) is 131 cm³/mol. The van der Waals surface area contributed by atoms with E-state index in [1.807, 2.05) is 24.5 Å². The quantitative estimate of drug-likeness (QED) is 0.428. The molecule has 0 atom stereocenters. The number of nitrogens with one attached hydrogen (secondary N) is 2. The van der Waals surface area contributed by atoms with Gasteiger partial charge < -0.3 is 14.9 Å². The van der Waals surface area contributed by atoms with Gasteiger partial charge in [0.25, 0.3) is 5.56 Å². The molecule has 0 fully saturated rings. The number of aromatic nitrogens is 3. The molecule has 2 N–H and O–H groups in total. The second kappa shape index (κ2) is 9.91. The van der Waals surface area contributed by atoms with Gasteiger partial charge in [0.2, 0.25) is 5.91 Å². The van der Waals surface area contributed by atoms with E-state index in [1.165, 1.54) is 12.1 Å². The third-order valence-corrected chi connectivity index (χ3v) is 5.95. The first-order valence-corrected chi connectivity index (χ1v) is 11.1. The van der Waals surface area contributed by atoms with Gasteiger partial charge in [0.05, 0.1) is 29.6 Å². The van der Waals surface area contributed by atoms with Gasteiger partial charge in [-0.05, 0) is 56.3 Å².